The molecule has 0 spiro atoms. The summed E-state index contributed by atoms with van der Waals surface area (Å²) in [6.07, 6.45) is 5.64. The fourth-order valence-corrected chi connectivity index (χ4v) is 1.57. The molecule has 0 aliphatic heterocycles. The number of hydrogen-bond donors (Lipinski definition) is 0. The molecule has 0 rings (SSSR count). The predicted octanol–water partition coefficient (Wildman–Crippen LogP) is 3.18. The number of carbonyl (C=O) groups excluding carboxylic acids is 1. The van der Waals surface area contributed by atoms with Crippen LogP contribution in [0.3, 0.4) is 0 Å². The van der Waals surface area contributed by atoms with E-state index in [0.717, 1.165) is 6.42 Å². The van der Waals surface area contributed by atoms with Gasteiger partial charge in [0.2, 0.25) is 0 Å². The molecule has 0 heterocycles. The Labute approximate surface area is 70.2 Å². The van der Waals surface area contributed by atoms with Crippen molar-refractivity contribution < 1.29 is 4.79 Å². The summed E-state index contributed by atoms with van der Waals surface area (Å²) in [5.74, 6) is 0.999. The Morgan fingerprint density at radius 3 is 1.91 bits per heavy atom. The van der Waals surface area contributed by atoms with E-state index in [4.69, 9.17) is 0 Å². The average molecular weight is 156 g/mol. The lowest BCUT2D eigenvalue weighted by Gasteiger charge is -2.12. The largest absolute Gasteiger partial charge is 0.300 e. The number of carbonyl (C=O) groups is 1. The standard InChI is InChI=1S/C10H20O/c1-4-6-10(7-5-2)8-9(3)11/h10H,4-8H2,1-3H3. The molecule has 0 radical (unpaired) electrons. The number of rotatable bonds is 6. The molecule has 0 fully saturated rings. The van der Waals surface area contributed by atoms with Crippen LogP contribution in [-0.4, -0.2) is 5.78 Å². The zero-order valence-corrected chi connectivity index (χ0v) is 8.02. The Kier molecular flexibility index (Phi) is 6.19. The minimum Gasteiger partial charge on any atom is -0.300 e. The third kappa shape index (κ3) is 6.08. The molecule has 0 bridgehead atoms. The van der Waals surface area contributed by atoms with E-state index in [2.05, 4.69) is 13.8 Å². The third-order valence-electron chi connectivity index (χ3n) is 1.97. The highest BCUT2D eigenvalue weighted by Gasteiger charge is 2.08. The zero-order valence-electron chi connectivity index (χ0n) is 8.02. The van der Waals surface area contributed by atoms with E-state index >= 15 is 0 Å². The van der Waals surface area contributed by atoms with Crippen molar-refractivity contribution >= 4 is 5.78 Å². The van der Waals surface area contributed by atoms with Gasteiger partial charge in [0.15, 0.2) is 0 Å². The molecule has 0 saturated carbocycles. The van der Waals surface area contributed by atoms with Gasteiger partial charge < -0.3 is 4.79 Å². The van der Waals surface area contributed by atoms with Crippen LogP contribution in [0.15, 0.2) is 0 Å². The second kappa shape index (κ2) is 6.38. The Hall–Kier alpha value is -0.330. The van der Waals surface area contributed by atoms with Crippen LogP contribution in [-0.2, 0) is 4.79 Å². The molecule has 0 aliphatic carbocycles. The third-order valence-corrected chi connectivity index (χ3v) is 1.97. The van der Waals surface area contributed by atoms with Gasteiger partial charge in [-0.25, -0.2) is 0 Å². The summed E-state index contributed by atoms with van der Waals surface area (Å²) >= 11 is 0. The molecule has 0 aromatic heterocycles. The van der Waals surface area contributed by atoms with Crippen molar-refractivity contribution in [2.24, 2.45) is 5.92 Å². The summed E-state index contributed by atoms with van der Waals surface area (Å²) in [6.45, 7) is 6.06. The summed E-state index contributed by atoms with van der Waals surface area (Å²) in [7, 11) is 0. The summed E-state index contributed by atoms with van der Waals surface area (Å²) in [4.78, 5) is 10.8. The molecule has 0 amide bonds. The van der Waals surface area contributed by atoms with Gasteiger partial charge in [0.1, 0.15) is 5.78 Å². The topological polar surface area (TPSA) is 17.1 Å². The first-order valence-corrected chi connectivity index (χ1v) is 4.70. The highest BCUT2D eigenvalue weighted by Crippen LogP contribution is 2.17. The molecule has 1 nitrogen and oxygen atoms in total. The number of ketones is 1. The van der Waals surface area contributed by atoms with Gasteiger partial charge in [0.05, 0.1) is 0 Å². The van der Waals surface area contributed by atoms with E-state index in [1.807, 2.05) is 0 Å². The van der Waals surface area contributed by atoms with Gasteiger partial charge in [0, 0.05) is 6.42 Å². The quantitative estimate of drug-likeness (QED) is 0.577. The van der Waals surface area contributed by atoms with Gasteiger partial charge in [-0.05, 0) is 12.8 Å². The van der Waals surface area contributed by atoms with Crippen molar-refractivity contribution in [3.8, 4) is 0 Å². The number of hydrogen-bond acceptors (Lipinski definition) is 1. The second-order valence-corrected chi connectivity index (χ2v) is 3.35. The summed E-state index contributed by atoms with van der Waals surface area (Å²) in [5, 5.41) is 0. The van der Waals surface area contributed by atoms with Crippen molar-refractivity contribution in [2.75, 3.05) is 0 Å². The van der Waals surface area contributed by atoms with E-state index in [0.29, 0.717) is 11.7 Å². The minimum atomic E-state index is 0.344. The molecule has 0 aromatic rings. The van der Waals surface area contributed by atoms with Crippen LogP contribution in [0.2, 0.25) is 0 Å². The molecule has 0 aliphatic rings. The average Bonchev–Trinajstić information content (AvgIpc) is 1.87. The van der Waals surface area contributed by atoms with Crippen LogP contribution in [0.1, 0.15) is 52.9 Å². The molecule has 0 unspecified atom stereocenters. The molecular formula is C10H20O. The van der Waals surface area contributed by atoms with Crippen molar-refractivity contribution in [3.05, 3.63) is 0 Å². The minimum absolute atomic E-state index is 0.344. The van der Waals surface area contributed by atoms with Crippen LogP contribution in [0.25, 0.3) is 0 Å². The molecule has 1 heteroatoms. The SMILES string of the molecule is CCCC(CCC)CC(C)=O. The van der Waals surface area contributed by atoms with Gasteiger partial charge in [-0.3, -0.25) is 0 Å². The van der Waals surface area contributed by atoms with Gasteiger partial charge in [-0.1, -0.05) is 39.5 Å². The monoisotopic (exact) mass is 156 g/mol. The molecule has 0 N–H and O–H groups in total. The summed E-state index contributed by atoms with van der Waals surface area (Å²) in [5.41, 5.74) is 0. The lowest BCUT2D eigenvalue weighted by molar-refractivity contribution is -0.118. The van der Waals surface area contributed by atoms with Crippen LogP contribution in [0.4, 0.5) is 0 Å². The first-order chi connectivity index (χ1) is 5.20. The summed E-state index contributed by atoms with van der Waals surface area (Å²) < 4.78 is 0. The Morgan fingerprint density at radius 1 is 1.18 bits per heavy atom. The molecule has 0 aromatic carbocycles. The second-order valence-electron chi connectivity index (χ2n) is 3.35. The lowest BCUT2D eigenvalue weighted by Crippen LogP contribution is -2.05. The van der Waals surface area contributed by atoms with Crippen molar-refractivity contribution in [1.82, 2.24) is 0 Å². The van der Waals surface area contributed by atoms with Crippen LogP contribution >= 0.6 is 0 Å². The smallest absolute Gasteiger partial charge is 0.130 e. The van der Waals surface area contributed by atoms with Gasteiger partial charge in [0.25, 0.3) is 0 Å². The van der Waals surface area contributed by atoms with Crippen LogP contribution in [0, 0.1) is 5.92 Å². The van der Waals surface area contributed by atoms with Crippen LogP contribution in [0.5, 0.6) is 0 Å². The highest BCUT2D eigenvalue weighted by molar-refractivity contribution is 5.75. The number of Topliss-reactive ketones (excluding diaryl/α,β-unsaturated/α-hetero) is 1. The van der Waals surface area contributed by atoms with E-state index < -0.39 is 0 Å². The maximum absolute atomic E-state index is 10.8. The molecule has 0 saturated heterocycles. The zero-order chi connectivity index (χ0) is 8.69. The molecule has 0 atom stereocenters. The molecule has 11 heavy (non-hydrogen) atoms. The normalized spacial score (nSPS) is 10.5. The van der Waals surface area contributed by atoms with Crippen molar-refractivity contribution in [3.63, 3.8) is 0 Å². The maximum Gasteiger partial charge on any atom is 0.130 e. The van der Waals surface area contributed by atoms with Gasteiger partial charge in [-0.2, -0.15) is 0 Å². The summed E-state index contributed by atoms with van der Waals surface area (Å²) in [6, 6.07) is 0. The molecule has 66 valence electrons. The van der Waals surface area contributed by atoms with E-state index in [1.54, 1.807) is 6.92 Å². The van der Waals surface area contributed by atoms with E-state index in [1.165, 1.54) is 25.7 Å². The maximum atomic E-state index is 10.8. The lowest BCUT2D eigenvalue weighted by atomic mass is 9.93. The Bertz CT molecular complexity index is 101. The Balaban J connectivity index is 3.59. The van der Waals surface area contributed by atoms with E-state index in [9.17, 15) is 4.79 Å². The highest BCUT2D eigenvalue weighted by atomic mass is 16.1. The first-order valence-electron chi connectivity index (χ1n) is 4.70. The molecular weight excluding hydrogens is 136 g/mol. The van der Waals surface area contributed by atoms with Gasteiger partial charge >= 0.3 is 0 Å². The Morgan fingerprint density at radius 2 is 1.64 bits per heavy atom. The van der Waals surface area contributed by atoms with E-state index in [-0.39, 0.29) is 0 Å². The fraction of sp³-hybridized carbons (Fsp3) is 0.900. The van der Waals surface area contributed by atoms with Crippen molar-refractivity contribution in [1.29, 1.82) is 0 Å². The predicted molar refractivity (Wildman–Crippen MR) is 48.6 cm³/mol. The first kappa shape index (κ1) is 10.7. The van der Waals surface area contributed by atoms with Gasteiger partial charge in [-0.15, -0.1) is 0 Å². The van der Waals surface area contributed by atoms with Crippen molar-refractivity contribution in [2.45, 2.75) is 52.9 Å². The fourth-order valence-electron chi connectivity index (χ4n) is 1.57. The van der Waals surface area contributed by atoms with Crippen LogP contribution < -0.4 is 0 Å².